The maximum absolute atomic E-state index is 12.1. The third kappa shape index (κ3) is 6.13. The lowest BCUT2D eigenvalue weighted by Gasteiger charge is -2.27. The number of carbonyl (C=O) groups is 1. The second-order valence-electron chi connectivity index (χ2n) is 8.40. The maximum Gasteiger partial charge on any atom is 0.697 e. The van der Waals surface area contributed by atoms with Gasteiger partial charge in [0.2, 0.25) is 0 Å². The van der Waals surface area contributed by atoms with Gasteiger partial charge < -0.3 is 14.9 Å². The van der Waals surface area contributed by atoms with Crippen LogP contribution in [-0.2, 0) is 23.1 Å². The highest BCUT2D eigenvalue weighted by molar-refractivity contribution is 8.13. The Kier molecular flexibility index (Phi) is 8.97. The summed E-state index contributed by atoms with van der Waals surface area (Å²) in [6, 6.07) is 0. The van der Waals surface area contributed by atoms with Gasteiger partial charge in [-0.1, -0.05) is 32.5 Å². The summed E-state index contributed by atoms with van der Waals surface area (Å²) >= 11 is 1.09. The van der Waals surface area contributed by atoms with Crippen LogP contribution in [0.25, 0.3) is 0 Å². The van der Waals surface area contributed by atoms with Crippen LogP contribution in [0.3, 0.4) is 0 Å². The first kappa shape index (κ1) is 26.8. The molecule has 3 N–H and O–H groups in total. The topological polar surface area (TPSA) is 157 Å². The SMILES string of the molecule is CCC(C)(C)C(=O)SCCO[P+](=O)OC[C@H]1O[C@@H](n2cc(C)c(=O)[nH]c2=O)[C@@](C)(O)C1O. The van der Waals surface area contributed by atoms with E-state index in [2.05, 4.69) is 4.98 Å². The number of aliphatic hydroxyl groups is 2. The van der Waals surface area contributed by atoms with Crippen molar-refractivity contribution in [3.05, 3.63) is 32.6 Å². The summed E-state index contributed by atoms with van der Waals surface area (Å²) in [6.07, 6.45) is -1.97. The van der Waals surface area contributed by atoms with Gasteiger partial charge in [0, 0.05) is 27.5 Å². The van der Waals surface area contributed by atoms with Crippen molar-refractivity contribution in [1.29, 1.82) is 0 Å². The Morgan fingerprint density at radius 3 is 2.69 bits per heavy atom. The van der Waals surface area contributed by atoms with Gasteiger partial charge in [-0.3, -0.25) is 19.1 Å². The van der Waals surface area contributed by atoms with E-state index in [1.165, 1.54) is 20.0 Å². The second-order valence-corrected chi connectivity index (χ2v) is 10.4. The van der Waals surface area contributed by atoms with Crippen LogP contribution in [0.2, 0.25) is 0 Å². The van der Waals surface area contributed by atoms with Gasteiger partial charge in [-0.15, -0.1) is 9.05 Å². The van der Waals surface area contributed by atoms with Gasteiger partial charge in [0.25, 0.3) is 5.56 Å². The lowest BCUT2D eigenvalue weighted by molar-refractivity contribution is -0.118. The number of nitrogens with zero attached hydrogens (tertiary/aromatic N) is 1. The van der Waals surface area contributed by atoms with Crippen molar-refractivity contribution in [2.75, 3.05) is 19.0 Å². The number of thioether (sulfide) groups is 1. The number of aliphatic hydroxyl groups excluding tert-OH is 1. The highest BCUT2D eigenvalue weighted by Gasteiger charge is 2.54. The van der Waals surface area contributed by atoms with Gasteiger partial charge in [0.15, 0.2) is 11.3 Å². The third-order valence-corrected chi connectivity index (χ3v) is 7.39. The van der Waals surface area contributed by atoms with Gasteiger partial charge in [-0.2, -0.15) is 0 Å². The fourth-order valence-corrected chi connectivity index (χ4v) is 4.49. The average molecular weight is 493 g/mol. The molecule has 1 saturated heterocycles. The lowest BCUT2D eigenvalue weighted by atomic mass is 9.92. The summed E-state index contributed by atoms with van der Waals surface area (Å²) in [7, 11) is -2.56. The average Bonchev–Trinajstić information content (AvgIpc) is 2.95. The Hall–Kier alpha value is -1.40. The summed E-state index contributed by atoms with van der Waals surface area (Å²) in [5, 5.41) is 21.1. The van der Waals surface area contributed by atoms with Crippen molar-refractivity contribution in [2.45, 2.75) is 65.1 Å². The molecule has 0 aliphatic carbocycles. The van der Waals surface area contributed by atoms with Gasteiger partial charge in [-0.05, 0) is 20.3 Å². The number of hydrogen-bond donors (Lipinski definition) is 3. The van der Waals surface area contributed by atoms with Crippen LogP contribution in [0.15, 0.2) is 15.8 Å². The molecule has 2 rings (SSSR count). The summed E-state index contributed by atoms with van der Waals surface area (Å²) in [5.41, 5.74) is -3.51. The van der Waals surface area contributed by atoms with Crippen molar-refractivity contribution >= 4 is 25.1 Å². The molecule has 0 saturated carbocycles. The number of aryl methyl sites for hydroxylation is 1. The molecule has 1 aromatic heterocycles. The van der Waals surface area contributed by atoms with E-state index in [1.54, 1.807) is 0 Å². The molecule has 1 aliphatic heterocycles. The molecule has 2 unspecified atom stereocenters. The van der Waals surface area contributed by atoms with E-state index in [9.17, 15) is 29.2 Å². The zero-order chi connectivity index (χ0) is 24.3. The Bertz CT molecular complexity index is 959. The molecule has 0 radical (unpaired) electrons. The van der Waals surface area contributed by atoms with Crippen LogP contribution in [-0.4, -0.2) is 61.7 Å². The molecule has 180 valence electrons. The molecule has 5 atom stereocenters. The molecule has 0 amide bonds. The fraction of sp³-hybridized carbons (Fsp3) is 0.737. The van der Waals surface area contributed by atoms with Crippen molar-refractivity contribution < 1.29 is 33.4 Å². The number of aromatic nitrogens is 2. The fourth-order valence-electron chi connectivity index (χ4n) is 2.90. The van der Waals surface area contributed by atoms with E-state index in [-0.39, 0.29) is 23.9 Å². The van der Waals surface area contributed by atoms with Crippen molar-refractivity contribution in [2.24, 2.45) is 5.41 Å². The molecule has 13 heteroatoms. The third-order valence-electron chi connectivity index (χ3n) is 5.45. The molecule has 1 fully saturated rings. The second kappa shape index (κ2) is 10.7. The minimum absolute atomic E-state index is 0.0169. The first-order chi connectivity index (χ1) is 14.8. The van der Waals surface area contributed by atoms with Crippen LogP contribution >= 0.6 is 20.0 Å². The summed E-state index contributed by atoms with van der Waals surface area (Å²) in [6.45, 7) is 8.02. The molecule has 0 bridgehead atoms. The lowest BCUT2D eigenvalue weighted by Crippen LogP contribution is -2.47. The maximum atomic E-state index is 12.1. The van der Waals surface area contributed by atoms with Crippen molar-refractivity contribution in [1.82, 2.24) is 9.55 Å². The number of rotatable bonds is 10. The largest absolute Gasteiger partial charge is 0.697 e. The molecular formula is C19H30N2O9PS+. The minimum Gasteiger partial charge on any atom is -0.387 e. The Labute approximate surface area is 190 Å². The summed E-state index contributed by atoms with van der Waals surface area (Å²) < 4.78 is 28.7. The highest BCUT2D eigenvalue weighted by atomic mass is 32.2. The van der Waals surface area contributed by atoms with Gasteiger partial charge >= 0.3 is 13.9 Å². The molecule has 0 aromatic carbocycles. The number of ether oxygens (including phenoxy) is 1. The van der Waals surface area contributed by atoms with Crippen LogP contribution in [0.1, 0.15) is 45.9 Å². The summed E-state index contributed by atoms with van der Waals surface area (Å²) in [5.74, 6) is 0.306. The minimum atomic E-state index is -2.56. The van der Waals surface area contributed by atoms with Gasteiger partial charge in [0.1, 0.15) is 31.0 Å². The number of aromatic amines is 1. The van der Waals surface area contributed by atoms with E-state index in [1.807, 2.05) is 20.8 Å². The number of carbonyl (C=O) groups excluding carboxylic acids is 1. The van der Waals surface area contributed by atoms with Crippen LogP contribution in [0.5, 0.6) is 0 Å². The molecule has 32 heavy (non-hydrogen) atoms. The van der Waals surface area contributed by atoms with Crippen molar-refractivity contribution in [3.63, 3.8) is 0 Å². The zero-order valence-corrected chi connectivity index (χ0v) is 20.4. The van der Waals surface area contributed by atoms with Crippen LogP contribution in [0, 0.1) is 12.3 Å². The zero-order valence-electron chi connectivity index (χ0n) is 18.7. The van der Waals surface area contributed by atoms with E-state index in [0.717, 1.165) is 16.3 Å². The predicted molar refractivity (Wildman–Crippen MR) is 118 cm³/mol. The van der Waals surface area contributed by atoms with Gasteiger partial charge in [-0.25, -0.2) is 4.79 Å². The van der Waals surface area contributed by atoms with E-state index in [4.69, 9.17) is 13.8 Å². The highest BCUT2D eigenvalue weighted by Crippen LogP contribution is 2.39. The normalized spacial score (nSPS) is 26.3. The molecule has 2 heterocycles. The Balaban J connectivity index is 1.89. The molecule has 1 aromatic rings. The molecule has 0 spiro atoms. The monoisotopic (exact) mass is 493 g/mol. The van der Waals surface area contributed by atoms with Crippen molar-refractivity contribution in [3.8, 4) is 0 Å². The van der Waals surface area contributed by atoms with Gasteiger partial charge in [0.05, 0.1) is 0 Å². The number of hydrogen-bond acceptors (Lipinski definition) is 10. The molecule has 1 aliphatic rings. The van der Waals surface area contributed by atoms with Crippen LogP contribution < -0.4 is 11.2 Å². The van der Waals surface area contributed by atoms with E-state index < -0.39 is 49.0 Å². The number of H-pyrrole nitrogens is 1. The van der Waals surface area contributed by atoms with E-state index >= 15 is 0 Å². The molecular weight excluding hydrogens is 463 g/mol. The predicted octanol–water partition coefficient (Wildman–Crippen LogP) is 1.24. The Morgan fingerprint density at radius 1 is 1.41 bits per heavy atom. The first-order valence-electron chi connectivity index (χ1n) is 10.1. The quantitative estimate of drug-likeness (QED) is 0.320. The summed E-state index contributed by atoms with van der Waals surface area (Å²) in [4.78, 5) is 37.9. The van der Waals surface area contributed by atoms with E-state index in [0.29, 0.717) is 12.2 Å². The molecule has 11 nitrogen and oxygen atoms in total. The smallest absolute Gasteiger partial charge is 0.387 e. The standard InChI is InChI=1S/C19H29N2O9PS/c1-6-18(3,4)16(24)32-8-7-28-31(27)29-10-12-13(22)19(5,26)15(30-12)21-9-11(2)14(23)20-17(21)25/h9,12-13,15,22,26H,6-8,10H2,1-5H3/p+1/t12-,13?,15-,19+/m1/s1. The van der Waals surface area contributed by atoms with Crippen LogP contribution in [0.4, 0.5) is 0 Å². The first-order valence-corrected chi connectivity index (χ1v) is 12.2. The Morgan fingerprint density at radius 2 is 2.06 bits per heavy atom. The number of nitrogens with one attached hydrogen (secondary N) is 1.